The Labute approximate surface area is 120 Å². The van der Waals surface area contributed by atoms with Crippen molar-refractivity contribution in [2.45, 2.75) is 6.10 Å². The van der Waals surface area contributed by atoms with Crippen LogP contribution in [0.5, 0.6) is 0 Å². The monoisotopic (exact) mass is 301 g/mol. The summed E-state index contributed by atoms with van der Waals surface area (Å²) in [6.07, 6.45) is -1.01. The first-order chi connectivity index (χ1) is 8.50. The Balaban J connectivity index is 2.54. The zero-order valence-corrected chi connectivity index (χ0v) is 11.5. The second-order valence-corrected chi connectivity index (χ2v) is 5.06. The predicted molar refractivity (Wildman–Crippen MR) is 76.4 cm³/mol. The van der Waals surface area contributed by atoms with Gasteiger partial charge in [-0.25, -0.2) is 0 Å². The highest BCUT2D eigenvalue weighted by Gasteiger charge is 2.19. The van der Waals surface area contributed by atoms with Gasteiger partial charge in [-0.05, 0) is 30.3 Å². The van der Waals surface area contributed by atoms with E-state index in [2.05, 4.69) is 0 Å². The highest BCUT2D eigenvalue weighted by molar-refractivity contribution is 6.36. The Bertz CT molecular complexity index is 566. The topological polar surface area (TPSA) is 46.2 Å². The standard InChI is InChI=1S/C13H10Cl3NO/c14-7-4-5-11(17)8(6-7)13(18)12-9(15)2-1-3-10(12)16/h1-6,13,18H,17H2/t13-/m1/s1. The number of benzene rings is 2. The SMILES string of the molecule is Nc1ccc(Cl)cc1[C@@H](O)c1c(Cl)cccc1Cl. The van der Waals surface area contributed by atoms with Gasteiger partial charge in [-0.1, -0.05) is 40.9 Å². The van der Waals surface area contributed by atoms with Gasteiger partial charge < -0.3 is 10.8 Å². The summed E-state index contributed by atoms with van der Waals surface area (Å²) in [5, 5.41) is 11.6. The van der Waals surface area contributed by atoms with E-state index in [9.17, 15) is 5.11 Å². The third-order valence-corrected chi connectivity index (χ3v) is 3.51. The number of nitrogens with two attached hydrogens (primary N) is 1. The van der Waals surface area contributed by atoms with Gasteiger partial charge in [0.25, 0.3) is 0 Å². The molecule has 0 bridgehead atoms. The summed E-state index contributed by atoms with van der Waals surface area (Å²) in [6, 6.07) is 9.91. The van der Waals surface area contributed by atoms with Crippen LogP contribution < -0.4 is 5.73 Å². The lowest BCUT2D eigenvalue weighted by Gasteiger charge is -2.16. The number of aliphatic hydroxyl groups is 1. The van der Waals surface area contributed by atoms with Crippen molar-refractivity contribution < 1.29 is 5.11 Å². The lowest BCUT2D eigenvalue weighted by molar-refractivity contribution is 0.221. The first-order valence-electron chi connectivity index (χ1n) is 5.17. The maximum Gasteiger partial charge on any atom is 0.109 e. The molecule has 94 valence electrons. The van der Waals surface area contributed by atoms with Gasteiger partial charge in [-0.3, -0.25) is 0 Å². The molecule has 0 aliphatic carbocycles. The number of hydrogen-bond donors (Lipinski definition) is 2. The number of hydrogen-bond acceptors (Lipinski definition) is 2. The van der Waals surface area contributed by atoms with E-state index < -0.39 is 6.10 Å². The fourth-order valence-corrected chi connectivity index (χ4v) is 2.49. The Morgan fingerprint density at radius 1 is 1.00 bits per heavy atom. The summed E-state index contributed by atoms with van der Waals surface area (Å²) >= 11 is 18.0. The Kier molecular flexibility index (Phi) is 4.03. The lowest BCUT2D eigenvalue weighted by Crippen LogP contribution is -2.05. The largest absolute Gasteiger partial charge is 0.398 e. The van der Waals surface area contributed by atoms with Gasteiger partial charge >= 0.3 is 0 Å². The normalized spacial score (nSPS) is 12.4. The molecule has 2 rings (SSSR count). The Morgan fingerprint density at radius 2 is 1.61 bits per heavy atom. The van der Waals surface area contributed by atoms with E-state index in [0.29, 0.717) is 31.9 Å². The highest BCUT2D eigenvalue weighted by atomic mass is 35.5. The van der Waals surface area contributed by atoms with Crippen LogP contribution in [0, 0.1) is 0 Å². The van der Waals surface area contributed by atoms with E-state index in [1.54, 1.807) is 36.4 Å². The smallest absolute Gasteiger partial charge is 0.109 e. The molecule has 0 amide bonds. The fourth-order valence-electron chi connectivity index (χ4n) is 1.71. The van der Waals surface area contributed by atoms with Crippen molar-refractivity contribution in [3.05, 3.63) is 62.6 Å². The molecule has 0 aromatic heterocycles. The number of halogens is 3. The van der Waals surface area contributed by atoms with Crippen molar-refractivity contribution in [3.63, 3.8) is 0 Å². The molecule has 0 radical (unpaired) electrons. The van der Waals surface area contributed by atoms with Crippen LogP contribution in [0.15, 0.2) is 36.4 Å². The average Bonchev–Trinajstić information content (AvgIpc) is 2.32. The summed E-state index contributed by atoms with van der Waals surface area (Å²) in [7, 11) is 0. The first-order valence-corrected chi connectivity index (χ1v) is 6.31. The molecule has 0 unspecified atom stereocenters. The van der Waals surface area contributed by atoms with Crippen LogP contribution in [0.3, 0.4) is 0 Å². The molecule has 5 heteroatoms. The molecular weight excluding hydrogens is 293 g/mol. The molecule has 3 N–H and O–H groups in total. The van der Waals surface area contributed by atoms with E-state index in [-0.39, 0.29) is 0 Å². The molecule has 0 spiro atoms. The quantitative estimate of drug-likeness (QED) is 0.812. The van der Waals surface area contributed by atoms with Gasteiger partial charge in [0, 0.05) is 31.9 Å². The van der Waals surface area contributed by atoms with Gasteiger partial charge in [-0.2, -0.15) is 0 Å². The van der Waals surface area contributed by atoms with Crippen LogP contribution in [-0.2, 0) is 0 Å². The lowest BCUT2D eigenvalue weighted by atomic mass is 10.00. The van der Waals surface area contributed by atoms with Gasteiger partial charge in [0.15, 0.2) is 0 Å². The number of nitrogen functional groups attached to an aromatic ring is 1. The molecule has 0 heterocycles. The molecule has 0 saturated heterocycles. The molecule has 18 heavy (non-hydrogen) atoms. The van der Waals surface area contributed by atoms with E-state index in [1.807, 2.05) is 0 Å². The van der Waals surface area contributed by atoms with Crippen LogP contribution in [0.1, 0.15) is 17.2 Å². The van der Waals surface area contributed by atoms with E-state index >= 15 is 0 Å². The van der Waals surface area contributed by atoms with Crippen LogP contribution in [-0.4, -0.2) is 5.11 Å². The van der Waals surface area contributed by atoms with Gasteiger partial charge in [-0.15, -0.1) is 0 Å². The van der Waals surface area contributed by atoms with Crippen molar-refractivity contribution in [1.29, 1.82) is 0 Å². The summed E-state index contributed by atoms with van der Waals surface area (Å²) in [5.41, 5.74) is 7.17. The maximum absolute atomic E-state index is 10.4. The van der Waals surface area contributed by atoms with Crippen molar-refractivity contribution in [2.24, 2.45) is 0 Å². The molecule has 0 saturated carbocycles. The summed E-state index contributed by atoms with van der Waals surface area (Å²) in [4.78, 5) is 0. The van der Waals surface area contributed by atoms with Crippen molar-refractivity contribution in [3.8, 4) is 0 Å². The molecule has 0 fully saturated rings. The molecule has 0 aliphatic heterocycles. The predicted octanol–water partition coefficient (Wildman–Crippen LogP) is 4.31. The molecular formula is C13H10Cl3NO. The highest BCUT2D eigenvalue weighted by Crippen LogP contribution is 2.36. The van der Waals surface area contributed by atoms with E-state index in [0.717, 1.165) is 0 Å². The minimum absolute atomic E-state index is 0.384. The number of rotatable bonds is 2. The maximum atomic E-state index is 10.4. The second-order valence-electron chi connectivity index (χ2n) is 3.81. The van der Waals surface area contributed by atoms with E-state index in [4.69, 9.17) is 40.5 Å². The Hall–Kier alpha value is -0.930. The zero-order valence-electron chi connectivity index (χ0n) is 9.20. The van der Waals surface area contributed by atoms with Crippen molar-refractivity contribution in [2.75, 3.05) is 5.73 Å². The minimum atomic E-state index is -1.01. The Morgan fingerprint density at radius 3 is 2.22 bits per heavy atom. The number of aliphatic hydroxyl groups excluding tert-OH is 1. The van der Waals surface area contributed by atoms with Crippen LogP contribution in [0.2, 0.25) is 15.1 Å². The van der Waals surface area contributed by atoms with Crippen molar-refractivity contribution >= 4 is 40.5 Å². The summed E-state index contributed by atoms with van der Waals surface area (Å²) < 4.78 is 0. The zero-order chi connectivity index (χ0) is 13.3. The van der Waals surface area contributed by atoms with Gasteiger partial charge in [0.2, 0.25) is 0 Å². The average molecular weight is 303 g/mol. The first kappa shape index (κ1) is 13.5. The number of anilines is 1. The third kappa shape index (κ3) is 2.57. The summed E-state index contributed by atoms with van der Waals surface area (Å²) in [6.45, 7) is 0. The fraction of sp³-hybridized carbons (Fsp3) is 0.0769. The van der Waals surface area contributed by atoms with Crippen LogP contribution in [0.25, 0.3) is 0 Å². The van der Waals surface area contributed by atoms with Crippen LogP contribution >= 0.6 is 34.8 Å². The molecule has 2 nitrogen and oxygen atoms in total. The molecule has 2 aromatic rings. The molecule has 1 atom stereocenters. The minimum Gasteiger partial charge on any atom is -0.398 e. The van der Waals surface area contributed by atoms with E-state index in [1.165, 1.54) is 0 Å². The van der Waals surface area contributed by atoms with Crippen molar-refractivity contribution in [1.82, 2.24) is 0 Å². The third-order valence-electron chi connectivity index (χ3n) is 2.62. The second kappa shape index (κ2) is 5.37. The van der Waals surface area contributed by atoms with Crippen LogP contribution in [0.4, 0.5) is 5.69 Å². The van der Waals surface area contributed by atoms with Gasteiger partial charge in [0.1, 0.15) is 6.10 Å². The molecule has 0 aliphatic rings. The summed E-state index contributed by atoms with van der Waals surface area (Å²) in [5.74, 6) is 0. The van der Waals surface area contributed by atoms with Gasteiger partial charge in [0.05, 0.1) is 0 Å². The molecule has 2 aromatic carbocycles.